The molecule has 0 N–H and O–H groups in total. The largest absolute Gasteiger partial charge is 0.426 e. The molecule has 0 unspecified atom stereocenters. The Balaban J connectivity index is 2.26. The molecule has 0 amide bonds. The monoisotopic (exact) mass is 146 g/mol. The fourth-order valence-corrected chi connectivity index (χ4v) is 1.57. The van der Waals surface area contributed by atoms with E-state index in [0.29, 0.717) is 6.42 Å². The highest BCUT2D eigenvalue weighted by atomic mass is 16.5. The zero-order valence-corrected chi connectivity index (χ0v) is 5.89. The normalized spacial score (nSPS) is 17.3. The zero-order valence-electron chi connectivity index (χ0n) is 5.89. The van der Waals surface area contributed by atoms with E-state index in [2.05, 4.69) is 6.07 Å². The SMILES string of the molecule is O=C1Cc2ccc3c(c2O1)C3. The lowest BCUT2D eigenvalue weighted by atomic mass is 10.2. The van der Waals surface area contributed by atoms with Crippen LogP contribution >= 0.6 is 0 Å². The molecule has 0 bridgehead atoms. The number of hydrogen-bond acceptors (Lipinski definition) is 2. The van der Waals surface area contributed by atoms with Crippen molar-refractivity contribution in [2.75, 3.05) is 0 Å². The number of rotatable bonds is 0. The molecular formula is C9H6O2. The van der Waals surface area contributed by atoms with Gasteiger partial charge in [-0.1, -0.05) is 12.1 Å². The summed E-state index contributed by atoms with van der Waals surface area (Å²) >= 11 is 0. The molecule has 0 aromatic heterocycles. The first-order valence-corrected chi connectivity index (χ1v) is 3.69. The molecule has 0 saturated carbocycles. The summed E-state index contributed by atoms with van der Waals surface area (Å²) in [5.41, 5.74) is 3.64. The predicted octanol–water partition coefficient (Wildman–Crippen LogP) is 1.05. The van der Waals surface area contributed by atoms with Gasteiger partial charge in [0.15, 0.2) is 0 Å². The lowest BCUT2D eigenvalue weighted by Gasteiger charge is -1.92. The van der Waals surface area contributed by atoms with Gasteiger partial charge in [0.2, 0.25) is 0 Å². The number of carbonyl (C=O) groups is 1. The van der Waals surface area contributed by atoms with Gasteiger partial charge in [-0.05, 0) is 5.56 Å². The molecule has 1 aliphatic heterocycles. The second-order valence-corrected chi connectivity index (χ2v) is 3.02. The fraction of sp³-hybridized carbons (Fsp3) is 0.222. The van der Waals surface area contributed by atoms with Crippen molar-refractivity contribution < 1.29 is 9.53 Å². The third-order valence-electron chi connectivity index (χ3n) is 2.23. The number of fused-ring (bicyclic) bond motifs is 3. The van der Waals surface area contributed by atoms with Gasteiger partial charge in [0.25, 0.3) is 0 Å². The van der Waals surface area contributed by atoms with E-state index in [1.165, 1.54) is 11.1 Å². The van der Waals surface area contributed by atoms with Crippen molar-refractivity contribution in [3.63, 3.8) is 0 Å². The molecule has 1 aromatic carbocycles. The molecule has 2 nitrogen and oxygen atoms in total. The Morgan fingerprint density at radius 1 is 1.18 bits per heavy atom. The van der Waals surface area contributed by atoms with Gasteiger partial charge >= 0.3 is 5.97 Å². The Morgan fingerprint density at radius 3 is 2.91 bits per heavy atom. The van der Waals surface area contributed by atoms with Crippen molar-refractivity contribution in [3.05, 3.63) is 28.8 Å². The third kappa shape index (κ3) is 0.589. The van der Waals surface area contributed by atoms with Crippen LogP contribution < -0.4 is 4.74 Å². The topological polar surface area (TPSA) is 26.3 Å². The number of esters is 1. The van der Waals surface area contributed by atoms with E-state index >= 15 is 0 Å². The summed E-state index contributed by atoms with van der Waals surface area (Å²) in [5, 5.41) is 0. The smallest absolute Gasteiger partial charge is 0.315 e. The van der Waals surface area contributed by atoms with Crippen molar-refractivity contribution >= 4 is 5.97 Å². The third-order valence-corrected chi connectivity index (χ3v) is 2.23. The number of ether oxygens (including phenoxy) is 1. The molecule has 0 spiro atoms. The van der Waals surface area contributed by atoms with Crippen LogP contribution in [-0.2, 0) is 17.6 Å². The van der Waals surface area contributed by atoms with E-state index in [9.17, 15) is 4.79 Å². The second-order valence-electron chi connectivity index (χ2n) is 3.02. The highest BCUT2D eigenvalue weighted by Gasteiger charge is 2.30. The predicted molar refractivity (Wildman–Crippen MR) is 38.6 cm³/mol. The minimum absolute atomic E-state index is 0.111. The number of carbonyl (C=O) groups excluding carboxylic acids is 1. The highest BCUT2D eigenvalue weighted by molar-refractivity contribution is 5.83. The maximum absolute atomic E-state index is 10.9. The van der Waals surface area contributed by atoms with E-state index in [-0.39, 0.29) is 5.97 Å². The number of benzene rings is 1. The molecule has 2 heteroatoms. The maximum Gasteiger partial charge on any atom is 0.315 e. The van der Waals surface area contributed by atoms with E-state index in [1.807, 2.05) is 6.07 Å². The average molecular weight is 146 g/mol. The summed E-state index contributed by atoms with van der Waals surface area (Å²) in [4.78, 5) is 10.9. The average Bonchev–Trinajstić information content (AvgIpc) is 2.67. The molecule has 1 aromatic rings. The summed E-state index contributed by atoms with van der Waals surface area (Å²) in [5.74, 6) is 0.743. The van der Waals surface area contributed by atoms with Gasteiger partial charge in [-0.25, -0.2) is 0 Å². The molecule has 0 atom stereocenters. The summed E-state index contributed by atoms with van der Waals surface area (Å²) in [7, 11) is 0. The van der Waals surface area contributed by atoms with Gasteiger partial charge in [-0.3, -0.25) is 4.79 Å². The van der Waals surface area contributed by atoms with Crippen LogP contribution in [0.4, 0.5) is 0 Å². The lowest BCUT2D eigenvalue weighted by Crippen LogP contribution is -2.00. The standard InChI is InChI=1S/C9H6O2/c10-8-4-6-2-1-5-3-7(5)9(6)11-8/h1-2H,3-4H2. The van der Waals surface area contributed by atoms with Crippen LogP contribution in [0.2, 0.25) is 0 Å². The first kappa shape index (κ1) is 5.35. The summed E-state index contributed by atoms with van der Waals surface area (Å²) in [6, 6.07) is 4.07. The molecule has 1 aliphatic carbocycles. The molecular weight excluding hydrogens is 140 g/mol. The van der Waals surface area contributed by atoms with E-state index in [0.717, 1.165) is 17.7 Å². The molecule has 11 heavy (non-hydrogen) atoms. The van der Waals surface area contributed by atoms with Crippen LogP contribution in [-0.4, -0.2) is 5.97 Å². The minimum atomic E-state index is -0.111. The Kier molecular flexibility index (Phi) is 0.716. The van der Waals surface area contributed by atoms with Gasteiger partial charge in [-0.2, -0.15) is 0 Å². The molecule has 3 rings (SSSR count). The Bertz CT molecular complexity index is 366. The van der Waals surface area contributed by atoms with Crippen molar-refractivity contribution in [2.24, 2.45) is 0 Å². The first-order valence-electron chi connectivity index (χ1n) is 3.69. The van der Waals surface area contributed by atoms with Gasteiger partial charge in [-0.15, -0.1) is 0 Å². The number of hydrogen-bond donors (Lipinski definition) is 0. The molecule has 2 aliphatic rings. The fourth-order valence-electron chi connectivity index (χ4n) is 1.57. The minimum Gasteiger partial charge on any atom is -0.426 e. The first-order chi connectivity index (χ1) is 5.34. The maximum atomic E-state index is 10.9. The van der Waals surface area contributed by atoms with Crippen molar-refractivity contribution in [3.8, 4) is 5.75 Å². The van der Waals surface area contributed by atoms with E-state index in [1.54, 1.807) is 0 Å². The Morgan fingerprint density at radius 2 is 2.00 bits per heavy atom. The molecule has 1 heterocycles. The Hall–Kier alpha value is -1.31. The summed E-state index contributed by atoms with van der Waals surface area (Å²) in [6.07, 6.45) is 1.48. The highest BCUT2D eigenvalue weighted by Crippen LogP contribution is 2.42. The van der Waals surface area contributed by atoms with Crippen LogP contribution in [0.25, 0.3) is 0 Å². The molecule has 0 radical (unpaired) electrons. The van der Waals surface area contributed by atoms with Gasteiger partial charge in [0.05, 0.1) is 6.42 Å². The van der Waals surface area contributed by atoms with Crippen LogP contribution in [0.3, 0.4) is 0 Å². The lowest BCUT2D eigenvalue weighted by molar-refractivity contribution is -0.131. The van der Waals surface area contributed by atoms with Gasteiger partial charge < -0.3 is 4.74 Å². The summed E-state index contributed by atoms with van der Waals surface area (Å²) in [6.45, 7) is 0. The van der Waals surface area contributed by atoms with Crippen LogP contribution in [0, 0.1) is 0 Å². The van der Waals surface area contributed by atoms with Gasteiger partial charge in [0, 0.05) is 17.5 Å². The van der Waals surface area contributed by atoms with E-state index < -0.39 is 0 Å². The quantitative estimate of drug-likeness (QED) is 0.410. The molecule has 0 saturated heterocycles. The van der Waals surface area contributed by atoms with Crippen LogP contribution in [0.5, 0.6) is 5.75 Å². The van der Waals surface area contributed by atoms with Crippen molar-refractivity contribution in [2.45, 2.75) is 12.8 Å². The van der Waals surface area contributed by atoms with Gasteiger partial charge in [0.1, 0.15) is 5.75 Å². The second kappa shape index (κ2) is 1.47. The molecule has 54 valence electrons. The van der Waals surface area contributed by atoms with Crippen molar-refractivity contribution in [1.82, 2.24) is 0 Å². The van der Waals surface area contributed by atoms with Crippen LogP contribution in [0.15, 0.2) is 12.1 Å². The van der Waals surface area contributed by atoms with E-state index in [4.69, 9.17) is 4.74 Å². The molecule has 0 fully saturated rings. The zero-order chi connectivity index (χ0) is 7.42. The summed E-state index contributed by atoms with van der Waals surface area (Å²) < 4.78 is 5.05. The van der Waals surface area contributed by atoms with Crippen molar-refractivity contribution in [1.29, 1.82) is 0 Å². The van der Waals surface area contributed by atoms with Crippen LogP contribution in [0.1, 0.15) is 16.7 Å². The Labute approximate surface area is 63.8 Å².